The number of urea groups is 1. The third-order valence-corrected chi connectivity index (χ3v) is 8.76. The van der Waals surface area contributed by atoms with E-state index in [1.807, 2.05) is 53.3 Å². The Balaban J connectivity index is 1.76. The van der Waals surface area contributed by atoms with E-state index in [2.05, 4.69) is 43.3 Å². The molecule has 11 heteroatoms. The van der Waals surface area contributed by atoms with Crippen LogP contribution in [0, 0.1) is 11.8 Å². The van der Waals surface area contributed by atoms with Gasteiger partial charge in [0.15, 0.2) is 0 Å². The zero-order valence-electron chi connectivity index (χ0n) is 27.9. The van der Waals surface area contributed by atoms with Crippen molar-refractivity contribution in [3.63, 3.8) is 0 Å². The third-order valence-electron chi connectivity index (χ3n) is 7.89. The highest BCUT2D eigenvalue weighted by molar-refractivity contribution is 7.13. The van der Waals surface area contributed by atoms with Crippen molar-refractivity contribution in [3.8, 4) is 38.7 Å². The van der Waals surface area contributed by atoms with E-state index in [0.29, 0.717) is 70.3 Å². The summed E-state index contributed by atoms with van der Waals surface area (Å²) in [5.74, 6) is 0.353. The number of anilines is 1. The molecule has 0 saturated carbocycles. The quantitative estimate of drug-likeness (QED) is 0.115. The van der Waals surface area contributed by atoms with Gasteiger partial charge in [0.25, 0.3) is 0 Å². The van der Waals surface area contributed by atoms with Gasteiger partial charge in [0.1, 0.15) is 22.1 Å². The number of fused-ring (bicyclic) bond motifs is 1. The molecule has 10 nitrogen and oxygen atoms in total. The number of carbonyl (C=O) groups excluding carboxylic acids is 1. The number of hydrogen-bond acceptors (Lipinski definition) is 7. The Morgan fingerprint density at radius 1 is 1.00 bits per heavy atom. The van der Waals surface area contributed by atoms with Crippen molar-refractivity contribution in [2.24, 2.45) is 11.8 Å². The Kier molecular flexibility index (Phi) is 10.9. The lowest BCUT2D eigenvalue weighted by Crippen LogP contribution is -2.28. The lowest BCUT2D eigenvalue weighted by molar-refractivity contribution is 0.0694. The van der Waals surface area contributed by atoms with Crippen LogP contribution in [-0.2, 0) is 6.54 Å². The topological polar surface area (TPSA) is 135 Å². The number of carbonyl (C=O) groups is 2. The third kappa shape index (κ3) is 7.91. The van der Waals surface area contributed by atoms with Crippen LogP contribution < -0.4 is 20.8 Å². The largest absolute Gasteiger partial charge is 0.493 e. The first-order valence-electron chi connectivity index (χ1n) is 16.2. The molecule has 0 aliphatic carbocycles. The van der Waals surface area contributed by atoms with Gasteiger partial charge in [0, 0.05) is 64.6 Å². The Morgan fingerprint density at radius 2 is 1.75 bits per heavy atom. The summed E-state index contributed by atoms with van der Waals surface area (Å²) < 4.78 is 8.28. The number of amides is 2. The SMILES string of the molecule is CCNC(=O)Nc1cc(-c2nc(-c3ccccc3)cs2)c(-c2cc3c(=O)c(C(=O)O)cn(CCC(C)C)c3cc2OCCC(C)C)cn1. The molecule has 2 aromatic carbocycles. The van der Waals surface area contributed by atoms with Crippen molar-refractivity contribution < 1.29 is 19.4 Å². The summed E-state index contributed by atoms with van der Waals surface area (Å²) in [6.45, 7) is 11.7. The number of benzene rings is 2. The number of thiazole rings is 1. The van der Waals surface area contributed by atoms with Crippen LogP contribution in [-0.4, -0.2) is 44.8 Å². The summed E-state index contributed by atoms with van der Waals surface area (Å²) in [4.78, 5) is 47.9. The predicted molar refractivity (Wildman–Crippen MR) is 192 cm³/mol. The highest BCUT2D eigenvalue weighted by Gasteiger charge is 2.22. The van der Waals surface area contributed by atoms with Gasteiger partial charge >= 0.3 is 12.0 Å². The zero-order valence-corrected chi connectivity index (χ0v) is 28.7. The zero-order chi connectivity index (χ0) is 34.4. The van der Waals surface area contributed by atoms with Gasteiger partial charge in [-0.05, 0) is 43.7 Å². The minimum Gasteiger partial charge on any atom is -0.493 e. The molecule has 250 valence electrons. The number of aromatic nitrogens is 3. The predicted octanol–water partition coefficient (Wildman–Crippen LogP) is 8.16. The molecule has 0 radical (unpaired) electrons. The van der Waals surface area contributed by atoms with Gasteiger partial charge in [-0.15, -0.1) is 11.3 Å². The van der Waals surface area contributed by atoms with Gasteiger partial charge in [-0.2, -0.15) is 0 Å². The Labute approximate surface area is 283 Å². The minimum atomic E-state index is -1.28. The van der Waals surface area contributed by atoms with E-state index in [0.717, 1.165) is 24.1 Å². The summed E-state index contributed by atoms with van der Waals surface area (Å²) in [7, 11) is 0. The Morgan fingerprint density at radius 3 is 2.44 bits per heavy atom. The minimum absolute atomic E-state index is 0.268. The summed E-state index contributed by atoms with van der Waals surface area (Å²) >= 11 is 1.45. The van der Waals surface area contributed by atoms with Crippen LogP contribution in [0.1, 0.15) is 57.8 Å². The Hall–Kier alpha value is -5.03. The molecule has 0 atom stereocenters. The van der Waals surface area contributed by atoms with E-state index < -0.39 is 11.4 Å². The molecule has 0 aliphatic heterocycles. The summed E-state index contributed by atoms with van der Waals surface area (Å²) in [5.41, 5.74) is 3.36. The van der Waals surface area contributed by atoms with Crippen LogP contribution in [0.5, 0.6) is 5.75 Å². The van der Waals surface area contributed by atoms with Crippen LogP contribution in [0.2, 0.25) is 0 Å². The molecule has 0 unspecified atom stereocenters. The maximum absolute atomic E-state index is 13.7. The maximum Gasteiger partial charge on any atom is 0.341 e. The van der Waals surface area contributed by atoms with E-state index in [1.54, 1.807) is 18.3 Å². The molecule has 0 fully saturated rings. The summed E-state index contributed by atoms with van der Waals surface area (Å²) in [6, 6.07) is 14.7. The molecule has 48 heavy (non-hydrogen) atoms. The van der Waals surface area contributed by atoms with Crippen LogP contribution >= 0.6 is 11.3 Å². The second kappa shape index (κ2) is 15.2. The molecule has 5 aromatic rings. The van der Waals surface area contributed by atoms with Crippen molar-refractivity contribution in [3.05, 3.63) is 82.1 Å². The number of aryl methyl sites for hydroxylation is 1. The number of nitrogens with zero attached hydrogens (tertiary/aromatic N) is 3. The molecule has 0 bridgehead atoms. The van der Waals surface area contributed by atoms with Crippen molar-refractivity contribution in [1.82, 2.24) is 19.9 Å². The first-order chi connectivity index (χ1) is 23.0. The number of hydrogen-bond donors (Lipinski definition) is 3. The summed E-state index contributed by atoms with van der Waals surface area (Å²) in [6.07, 6.45) is 4.67. The van der Waals surface area contributed by atoms with Crippen LogP contribution in [0.3, 0.4) is 0 Å². The van der Waals surface area contributed by atoms with E-state index >= 15 is 0 Å². The van der Waals surface area contributed by atoms with Crippen molar-refractivity contribution in [2.45, 2.75) is 54.0 Å². The molecule has 0 saturated heterocycles. The van der Waals surface area contributed by atoms with Gasteiger partial charge in [-0.3, -0.25) is 10.1 Å². The molecule has 0 aliphatic rings. The number of ether oxygens (including phenoxy) is 1. The average Bonchev–Trinajstić information content (AvgIpc) is 3.55. The van der Waals surface area contributed by atoms with E-state index in [4.69, 9.17) is 9.72 Å². The lowest BCUT2D eigenvalue weighted by atomic mass is 9.97. The summed E-state index contributed by atoms with van der Waals surface area (Å²) in [5, 5.41) is 18.4. The monoisotopic (exact) mass is 667 g/mol. The molecule has 3 aromatic heterocycles. The molecule has 3 heterocycles. The van der Waals surface area contributed by atoms with Crippen LogP contribution in [0.25, 0.3) is 43.9 Å². The van der Waals surface area contributed by atoms with Gasteiger partial charge in [0.05, 0.1) is 17.8 Å². The molecular formula is C37H41N5O5S. The first kappa shape index (κ1) is 34.3. The molecule has 3 N–H and O–H groups in total. The fourth-order valence-corrected chi connectivity index (χ4v) is 6.12. The maximum atomic E-state index is 13.7. The molecule has 2 amide bonds. The smallest absolute Gasteiger partial charge is 0.341 e. The van der Waals surface area contributed by atoms with Gasteiger partial charge in [0.2, 0.25) is 5.43 Å². The van der Waals surface area contributed by atoms with E-state index in [9.17, 15) is 19.5 Å². The number of aromatic carboxylic acids is 1. The second-order valence-electron chi connectivity index (χ2n) is 12.5. The molecule has 0 spiro atoms. The van der Waals surface area contributed by atoms with Crippen LogP contribution in [0.15, 0.2) is 71.1 Å². The highest BCUT2D eigenvalue weighted by atomic mass is 32.1. The standard InChI is InChI=1S/C37H41N5O5S/c1-6-38-37(46)41-33-17-26(35-40-30(21-48-35)24-10-8-7-9-11-24)28(19-39-33)25-16-27-31(18-32(25)47-15-13-23(4)5)42(14-12-22(2)3)20-29(34(27)43)36(44)45/h7-11,16-23H,6,12-15H2,1-5H3,(H,44,45)(H2,38,39,41,46). The molecule has 5 rings (SSSR count). The fourth-order valence-electron chi connectivity index (χ4n) is 5.26. The number of pyridine rings is 2. The van der Waals surface area contributed by atoms with Crippen molar-refractivity contribution in [1.29, 1.82) is 0 Å². The number of rotatable bonds is 13. The van der Waals surface area contributed by atoms with Gasteiger partial charge in [-0.1, -0.05) is 58.0 Å². The van der Waals surface area contributed by atoms with E-state index in [-0.39, 0.29) is 17.0 Å². The first-order valence-corrected chi connectivity index (χ1v) is 17.1. The number of nitrogens with one attached hydrogen (secondary N) is 2. The lowest BCUT2D eigenvalue weighted by Gasteiger charge is -2.19. The number of carboxylic acid groups (broad SMARTS) is 1. The normalized spacial score (nSPS) is 11.3. The van der Waals surface area contributed by atoms with Crippen molar-refractivity contribution in [2.75, 3.05) is 18.5 Å². The second-order valence-corrected chi connectivity index (χ2v) is 13.3. The molecular weight excluding hydrogens is 627 g/mol. The number of carboxylic acids is 1. The highest BCUT2D eigenvalue weighted by Crippen LogP contribution is 2.42. The average molecular weight is 668 g/mol. The Bertz CT molecular complexity index is 1980. The van der Waals surface area contributed by atoms with Crippen LogP contribution in [0.4, 0.5) is 10.6 Å². The van der Waals surface area contributed by atoms with E-state index in [1.165, 1.54) is 17.5 Å². The van der Waals surface area contributed by atoms with Gasteiger partial charge < -0.3 is 19.7 Å². The van der Waals surface area contributed by atoms with Crippen molar-refractivity contribution >= 4 is 40.1 Å². The van der Waals surface area contributed by atoms with Gasteiger partial charge in [-0.25, -0.2) is 19.6 Å². The fraction of sp³-hybridized carbons (Fsp3) is 0.324.